The van der Waals surface area contributed by atoms with Gasteiger partial charge in [0, 0.05) is 30.9 Å². The molecule has 7 heteroatoms. The second kappa shape index (κ2) is 6.31. The van der Waals surface area contributed by atoms with E-state index in [1.807, 2.05) is 39.8 Å². The highest BCUT2D eigenvalue weighted by Crippen LogP contribution is 2.27. The van der Waals surface area contributed by atoms with Crippen LogP contribution in [0.15, 0.2) is 30.5 Å². The number of nitrogens with one attached hydrogen (secondary N) is 1. The van der Waals surface area contributed by atoms with Gasteiger partial charge in [0.2, 0.25) is 0 Å². The summed E-state index contributed by atoms with van der Waals surface area (Å²) in [4.78, 5) is 14.5. The van der Waals surface area contributed by atoms with Crippen molar-refractivity contribution in [3.05, 3.63) is 47.7 Å². The molecule has 1 saturated heterocycles. The van der Waals surface area contributed by atoms with E-state index in [1.165, 1.54) is 0 Å². The van der Waals surface area contributed by atoms with E-state index in [9.17, 15) is 4.79 Å². The molecule has 3 aromatic heterocycles. The molecule has 4 rings (SSSR count). The number of pyridine rings is 1. The highest BCUT2D eigenvalue weighted by atomic mass is 16.2. The maximum absolute atomic E-state index is 12.7. The minimum absolute atomic E-state index is 0.00713. The summed E-state index contributed by atoms with van der Waals surface area (Å²) in [7, 11) is 0. The number of carbonyl (C=O) groups excluding carboxylic acids is 1. The zero-order valence-electron chi connectivity index (χ0n) is 14.5. The van der Waals surface area contributed by atoms with E-state index in [-0.39, 0.29) is 5.91 Å². The second-order valence-corrected chi connectivity index (χ2v) is 6.92. The van der Waals surface area contributed by atoms with Crippen LogP contribution >= 0.6 is 0 Å². The van der Waals surface area contributed by atoms with Crippen molar-refractivity contribution in [3.63, 3.8) is 0 Å². The molecule has 0 saturated carbocycles. The van der Waals surface area contributed by atoms with Gasteiger partial charge in [0.1, 0.15) is 11.5 Å². The van der Waals surface area contributed by atoms with E-state index >= 15 is 0 Å². The third-order valence-corrected chi connectivity index (χ3v) is 4.93. The number of fused-ring (bicyclic) bond motifs is 1. The lowest BCUT2D eigenvalue weighted by Crippen LogP contribution is -2.38. The molecule has 1 fully saturated rings. The van der Waals surface area contributed by atoms with Crippen molar-refractivity contribution in [2.75, 3.05) is 13.1 Å². The molecule has 1 amide bonds. The number of aromatic nitrogens is 5. The Labute approximate surface area is 146 Å². The van der Waals surface area contributed by atoms with Gasteiger partial charge in [-0.1, -0.05) is 19.9 Å². The molecule has 4 heterocycles. The average molecular weight is 338 g/mol. The van der Waals surface area contributed by atoms with Crippen LogP contribution in [0.25, 0.3) is 5.65 Å². The van der Waals surface area contributed by atoms with Crippen LogP contribution in [0.4, 0.5) is 0 Å². The summed E-state index contributed by atoms with van der Waals surface area (Å²) in [5.74, 6) is 1.66. The van der Waals surface area contributed by atoms with Crippen LogP contribution in [0.3, 0.4) is 0 Å². The van der Waals surface area contributed by atoms with Crippen molar-refractivity contribution in [2.24, 2.45) is 0 Å². The van der Waals surface area contributed by atoms with E-state index in [0.29, 0.717) is 17.5 Å². The van der Waals surface area contributed by atoms with Gasteiger partial charge in [-0.3, -0.25) is 14.3 Å². The van der Waals surface area contributed by atoms with E-state index in [0.717, 1.165) is 43.1 Å². The first-order valence-electron chi connectivity index (χ1n) is 8.77. The summed E-state index contributed by atoms with van der Waals surface area (Å²) in [6.45, 7) is 5.59. The van der Waals surface area contributed by atoms with Gasteiger partial charge in [-0.05, 0) is 37.0 Å². The monoisotopic (exact) mass is 338 g/mol. The van der Waals surface area contributed by atoms with Crippen LogP contribution in [-0.2, 0) is 0 Å². The third kappa shape index (κ3) is 2.90. The molecule has 7 nitrogen and oxygen atoms in total. The van der Waals surface area contributed by atoms with Gasteiger partial charge in [-0.25, -0.2) is 0 Å². The van der Waals surface area contributed by atoms with Crippen LogP contribution in [-0.4, -0.2) is 48.7 Å². The number of H-pyrrole nitrogens is 1. The molecule has 130 valence electrons. The normalized spacial score (nSPS) is 16.0. The first-order valence-corrected chi connectivity index (χ1v) is 8.77. The summed E-state index contributed by atoms with van der Waals surface area (Å²) < 4.78 is 2.05. The summed E-state index contributed by atoms with van der Waals surface area (Å²) in [5.41, 5.74) is 2.37. The second-order valence-electron chi connectivity index (χ2n) is 6.92. The van der Waals surface area contributed by atoms with Crippen molar-refractivity contribution in [3.8, 4) is 0 Å². The van der Waals surface area contributed by atoms with E-state index in [2.05, 4.69) is 34.2 Å². The SMILES string of the molecule is CC(C)c1cc(C(=O)N2CCC(c3nnc4ccccn34)CC2)n[nH]1. The number of nitrogens with zero attached hydrogens (tertiary/aromatic N) is 5. The number of aromatic amines is 1. The van der Waals surface area contributed by atoms with Gasteiger partial charge >= 0.3 is 0 Å². The lowest BCUT2D eigenvalue weighted by Gasteiger charge is -2.30. The number of piperidine rings is 1. The molecule has 0 aliphatic carbocycles. The first kappa shape index (κ1) is 15.8. The van der Waals surface area contributed by atoms with Gasteiger partial charge in [0.25, 0.3) is 5.91 Å². The maximum atomic E-state index is 12.7. The Kier molecular flexibility index (Phi) is 3.99. The van der Waals surface area contributed by atoms with Gasteiger partial charge in [-0.15, -0.1) is 10.2 Å². The van der Waals surface area contributed by atoms with Crippen molar-refractivity contribution in [1.82, 2.24) is 29.7 Å². The van der Waals surface area contributed by atoms with Crippen LogP contribution in [0.1, 0.15) is 60.5 Å². The quantitative estimate of drug-likeness (QED) is 0.796. The van der Waals surface area contributed by atoms with Crippen molar-refractivity contribution < 1.29 is 4.79 Å². The van der Waals surface area contributed by atoms with Crippen LogP contribution in [0.2, 0.25) is 0 Å². The lowest BCUT2D eigenvalue weighted by molar-refractivity contribution is 0.0705. The minimum Gasteiger partial charge on any atom is -0.337 e. The molecule has 0 radical (unpaired) electrons. The lowest BCUT2D eigenvalue weighted by atomic mass is 9.95. The Balaban J connectivity index is 1.45. The Morgan fingerprint density at radius 3 is 2.76 bits per heavy atom. The van der Waals surface area contributed by atoms with E-state index in [4.69, 9.17) is 0 Å². The van der Waals surface area contributed by atoms with Crippen LogP contribution < -0.4 is 0 Å². The smallest absolute Gasteiger partial charge is 0.274 e. The minimum atomic E-state index is 0.00713. The zero-order valence-corrected chi connectivity index (χ0v) is 14.5. The van der Waals surface area contributed by atoms with Crippen molar-refractivity contribution in [2.45, 2.75) is 38.5 Å². The molecule has 0 atom stereocenters. The largest absolute Gasteiger partial charge is 0.337 e. The summed E-state index contributed by atoms with van der Waals surface area (Å²) in [6, 6.07) is 7.77. The maximum Gasteiger partial charge on any atom is 0.274 e. The highest BCUT2D eigenvalue weighted by molar-refractivity contribution is 5.92. The molecule has 1 N–H and O–H groups in total. The number of rotatable bonds is 3. The van der Waals surface area contributed by atoms with Gasteiger partial charge in [0.05, 0.1) is 0 Å². The molecular formula is C18H22N6O. The highest BCUT2D eigenvalue weighted by Gasteiger charge is 2.28. The number of likely N-dealkylation sites (tertiary alicyclic amines) is 1. The first-order chi connectivity index (χ1) is 12.1. The molecule has 0 unspecified atom stereocenters. The molecule has 1 aliphatic heterocycles. The molecule has 0 spiro atoms. The zero-order chi connectivity index (χ0) is 17.4. The Morgan fingerprint density at radius 2 is 2.04 bits per heavy atom. The predicted octanol–water partition coefficient (Wildman–Crippen LogP) is 2.60. The van der Waals surface area contributed by atoms with Crippen LogP contribution in [0, 0.1) is 0 Å². The molecule has 25 heavy (non-hydrogen) atoms. The van der Waals surface area contributed by atoms with E-state index in [1.54, 1.807) is 0 Å². The number of hydrogen-bond donors (Lipinski definition) is 1. The molecule has 1 aliphatic rings. The predicted molar refractivity (Wildman–Crippen MR) is 93.5 cm³/mol. The van der Waals surface area contributed by atoms with Crippen molar-refractivity contribution >= 4 is 11.6 Å². The van der Waals surface area contributed by atoms with Crippen LogP contribution in [0.5, 0.6) is 0 Å². The number of amides is 1. The summed E-state index contributed by atoms with van der Waals surface area (Å²) in [5, 5.41) is 15.7. The molecule has 3 aromatic rings. The van der Waals surface area contributed by atoms with Crippen molar-refractivity contribution in [1.29, 1.82) is 0 Å². The van der Waals surface area contributed by atoms with Gasteiger partial charge < -0.3 is 4.90 Å². The Morgan fingerprint density at radius 1 is 1.24 bits per heavy atom. The summed E-state index contributed by atoms with van der Waals surface area (Å²) in [6.07, 6.45) is 3.78. The van der Waals surface area contributed by atoms with E-state index < -0.39 is 0 Å². The number of carbonyl (C=O) groups is 1. The Bertz CT molecular complexity index is 888. The van der Waals surface area contributed by atoms with Gasteiger partial charge in [-0.2, -0.15) is 5.10 Å². The average Bonchev–Trinajstić information content (AvgIpc) is 3.29. The Hall–Kier alpha value is -2.70. The standard InChI is InChI=1S/C18H22N6O/c1-12(2)14-11-15(20-19-14)18(25)23-9-6-13(7-10-23)17-22-21-16-5-3-4-8-24(16)17/h3-5,8,11-13H,6-7,9-10H2,1-2H3,(H,19,20). The number of hydrogen-bond acceptors (Lipinski definition) is 4. The summed E-state index contributed by atoms with van der Waals surface area (Å²) >= 11 is 0. The molecular weight excluding hydrogens is 316 g/mol. The van der Waals surface area contributed by atoms with Gasteiger partial charge in [0.15, 0.2) is 5.65 Å². The third-order valence-electron chi connectivity index (χ3n) is 4.93. The topological polar surface area (TPSA) is 79.2 Å². The fourth-order valence-electron chi connectivity index (χ4n) is 3.38. The fourth-order valence-corrected chi connectivity index (χ4v) is 3.38. The molecule has 0 aromatic carbocycles. The molecule has 0 bridgehead atoms. The fraction of sp³-hybridized carbons (Fsp3) is 0.444.